The lowest BCUT2D eigenvalue weighted by molar-refractivity contribution is -0.106. The maximum absolute atomic E-state index is 8.58. The monoisotopic (exact) mass is 155 g/mol. The Bertz CT molecular complexity index is 175. The Labute approximate surface area is 66.2 Å². The molecule has 0 aromatic heterocycles. The van der Waals surface area contributed by atoms with Gasteiger partial charge in [-0.05, 0) is 6.08 Å². The van der Waals surface area contributed by atoms with Gasteiger partial charge in [-0.15, -0.1) is 0 Å². The average molecular weight is 155 g/mol. The lowest BCUT2D eigenvalue weighted by atomic mass is 10.3. The number of hydrogen-bond acceptors (Lipinski definition) is 3. The van der Waals surface area contributed by atoms with Crippen LogP contribution in [0.25, 0.3) is 0 Å². The summed E-state index contributed by atoms with van der Waals surface area (Å²) in [7, 11) is 2.00. The molecular weight excluding hydrogens is 142 g/mol. The standard InChI is InChI=1S/C6H10N2.CH3NO/c1-8-4-2-3-6(7)5-8;2-1-3/h2-3,5H,4,7H2,1H3;1H,(H2,2,3). The van der Waals surface area contributed by atoms with E-state index in [0.717, 1.165) is 12.2 Å². The molecule has 1 heterocycles. The summed E-state index contributed by atoms with van der Waals surface area (Å²) in [6, 6.07) is 0. The van der Waals surface area contributed by atoms with Gasteiger partial charge in [-0.1, -0.05) is 6.08 Å². The second-order valence-electron chi connectivity index (χ2n) is 2.11. The van der Waals surface area contributed by atoms with Crippen LogP contribution in [0, 0.1) is 0 Å². The zero-order valence-corrected chi connectivity index (χ0v) is 6.53. The van der Waals surface area contributed by atoms with Crippen molar-refractivity contribution >= 4 is 6.41 Å². The summed E-state index contributed by atoms with van der Waals surface area (Å²) < 4.78 is 0. The first-order valence-electron chi connectivity index (χ1n) is 3.20. The van der Waals surface area contributed by atoms with Crippen molar-refractivity contribution in [3.05, 3.63) is 24.0 Å². The number of amides is 1. The molecule has 1 aliphatic heterocycles. The topological polar surface area (TPSA) is 72.3 Å². The van der Waals surface area contributed by atoms with E-state index < -0.39 is 0 Å². The highest BCUT2D eigenvalue weighted by Crippen LogP contribution is 1.97. The molecule has 62 valence electrons. The van der Waals surface area contributed by atoms with Gasteiger partial charge in [0.2, 0.25) is 6.41 Å². The molecule has 0 aromatic rings. The van der Waals surface area contributed by atoms with Gasteiger partial charge in [-0.25, -0.2) is 0 Å². The van der Waals surface area contributed by atoms with Gasteiger partial charge < -0.3 is 16.4 Å². The van der Waals surface area contributed by atoms with Crippen LogP contribution >= 0.6 is 0 Å². The molecular formula is C7H13N3O. The van der Waals surface area contributed by atoms with Gasteiger partial charge >= 0.3 is 0 Å². The summed E-state index contributed by atoms with van der Waals surface area (Å²) in [5.41, 5.74) is 10.5. The molecule has 0 atom stereocenters. The second kappa shape index (κ2) is 5.34. The molecule has 0 spiro atoms. The predicted octanol–water partition coefficient (Wildman–Crippen LogP) is -0.610. The number of nitrogens with two attached hydrogens (primary N) is 2. The highest BCUT2D eigenvalue weighted by atomic mass is 16.1. The Hall–Kier alpha value is -1.45. The van der Waals surface area contributed by atoms with Gasteiger partial charge in [0, 0.05) is 25.5 Å². The predicted molar refractivity (Wildman–Crippen MR) is 44.3 cm³/mol. The van der Waals surface area contributed by atoms with Crippen molar-refractivity contribution in [3.8, 4) is 0 Å². The Kier molecular flexibility index (Phi) is 4.64. The van der Waals surface area contributed by atoms with Crippen LogP contribution in [0.2, 0.25) is 0 Å². The number of likely N-dealkylation sites (N-methyl/N-ethyl adjacent to an activating group) is 1. The fraction of sp³-hybridized carbons (Fsp3) is 0.286. The minimum absolute atomic E-state index is 0.250. The van der Waals surface area contributed by atoms with Crippen molar-refractivity contribution in [3.63, 3.8) is 0 Å². The maximum atomic E-state index is 8.58. The van der Waals surface area contributed by atoms with Crippen molar-refractivity contribution in [2.24, 2.45) is 11.5 Å². The molecule has 11 heavy (non-hydrogen) atoms. The zero-order valence-electron chi connectivity index (χ0n) is 6.53. The molecule has 0 fully saturated rings. The number of hydrogen-bond donors (Lipinski definition) is 2. The first-order valence-corrected chi connectivity index (χ1v) is 3.20. The Morgan fingerprint density at radius 1 is 1.73 bits per heavy atom. The smallest absolute Gasteiger partial charge is 0.204 e. The zero-order chi connectivity index (χ0) is 8.69. The van der Waals surface area contributed by atoms with E-state index in [1.54, 1.807) is 0 Å². The van der Waals surface area contributed by atoms with E-state index in [1.807, 2.05) is 30.3 Å². The van der Waals surface area contributed by atoms with Crippen molar-refractivity contribution < 1.29 is 4.79 Å². The summed E-state index contributed by atoms with van der Waals surface area (Å²) in [5.74, 6) is 0. The first kappa shape index (κ1) is 9.55. The van der Waals surface area contributed by atoms with Crippen LogP contribution in [0.4, 0.5) is 0 Å². The summed E-state index contributed by atoms with van der Waals surface area (Å²) in [6.45, 7) is 0.973. The number of carbonyl (C=O) groups is 1. The van der Waals surface area contributed by atoms with E-state index in [1.165, 1.54) is 0 Å². The maximum Gasteiger partial charge on any atom is 0.204 e. The Morgan fingerprint density at radius 2 is 2.27 bits per heavy atom. The third kappa shape index (κ3) is 5.02. The van der Waals surface area contributed by atoms with Crippen LogP contribution in [-0.4, -0.2) is 24.9 Å². The van der Waals surface area contributed by atoms with Gasteiger partial charge in [0.1, 0.15) is 0 Å². The van der Waals surface area contributed by atoms with Gasteiger partial charge in [-0.2, -0.15) is 0 Å². The van der Waals surface area contributed by atoms with Crippen LogP contribution in [-0.2, 0) is 4.79 Å². The molecule has 1 aliphatic rings. The Balaban J connectivity index is 0.000000292. The molecule has 4 nitrogen and oxygen atoms in total. The van der Waals surface area contributed by atoms with E-state index in [0.29, 0.717) is 0 Å². The van der Waals surface area contributed by atoms with Gasteiger partial charge in [-0.3, -0.25) is 4.79 Å². The minimum Gasteiger partial charge on any atom is -0.398 e. The molecule has 4 N–H and O–H groups in total. The SMILES string of the molecule is CN1C=C(N)C=CC1.NC=O. The van der Waals surface area contributed by atoms with E-state index >= 15 is 0 Å². The normalized spacial score (nSPS) is 14.6. The molecule has 1 amide bonds. The van der Waals surface area contributed by atoms with Crippen LogP contribution in [0.15, 0.2) is 24.0 Å². The van der Waals surface area contributed by atoms with E-state index in [4.69, 9.17) is 10.5 Å². The third-order valence-corrected chi connectivity index (χ3v) is 1.07. The molecule has 0 saturated heterocycles. The number of allylic oxidation sites excluding steroid dienone is 1. The summed E-state index contributed by atoms with van der Waals surface area (Å²) in [4.78, 5) is 10.6. The molecule has 0 aliphatic carbocycles. The molecule has 0 unspecified atom stereocenters. The first-order chi connectivity index (χ1) is 5.20. The summed E-state index contributed by atoms with van der Waals surface area (Å²) >= 11 is 0. The molecule has 4 heteroatoms. The number of carbonyl (C=O) groups excluding carboxylic acids is 1. The van der Waals surface area contributed by atoms with Crippen molar-refractivity contribution in [1.82, 2.24) is 4.90 Å². The number of nitrogens with zero attached hydrogens (tertiary/aromatic N) is 1. The second-order valence-corrected chi connectivity index (χ2v) is 2.11. The number of rotatable bonds is 0. The average Bonchev–Trinajstić information content (AvgIpc) is 1.88. The summed E-state index contributed by atoms with van der Waals surface area (Å²) in [5, 5.41) is 0. The lowest BCUT2D eigenvalue weighted by Gasteiger charge is -2.14. The van der Waals surface area contributed by atoms with E-state index in [2.05, 4.69) is 5.73 Å². The third-order valence-electron chi connectivity index (χ3n) is 1.07. The summed E-state index contributed by atoms with van der Waals surface area (Å²) in [6.07, 6.45) is 6.12. The van der Waals surface area contributed by atoms with Crippen LogP contribution in [0.5, 0.6) is 0 Å². The van der Waals surface area contributed by atoms with Crippen LogP contribution in [0.3, 0.4) is 0 Å². The fourth-order valence-corrected chi connectivity index (χ4v) is 0.705. The van der Waals surface area contributed by atoms with Gasteiger partial charge in [0.25, 0.3) is 0 Å². The van der Waals surface area contributed by atoms with E-state index in [9.17, 15) is 0 Å². The highest BCUT2D eigenvalue weighted by molar-refractivity contribution is 5.42. The molecule has 0 aromatic carbocycles. The quantitative estimate of drug-likeness (QED) is 0.458. The van der Waals surface area contributed by atoms with Crippen molar-refractivity contribution in [2.45, 2.75) is 0 Å². The van der Waals surface area contributed by atoms with Crippen LogP contribution < -0.4 is 11.5 Å². The van der Waals surface area contributed by atoms with E-state index in [-0.39, 0.29) is 6.41 Å². The lowest BCUT2D eigenvalue weighted by Crippen LogP contribution is -2.16. The highest BCUT2D eigenvalue weighted by Gasteiger charge is 1.93. The van der Waals surface area contributed by atoms with Crippen molar-refractivity contribution in [2.75, 3.05) is 13.6 Å². The largest absolute Gasteiger partial charge is 0.398 e. The molecule has 1 rings (SSSR count). The molecule has 0 radical (unpaired) electrons. The van der Waals surface area contributed by atoms with Gasteiger partial charge in [0.05, 0.1) is 0 Å². The van der Waals surface area contributed by atoms with Crippen LogP contribution in [0.1, 0.15) is 0 Å². The minimum atomic E-state index is 0.250. The Morgan fingerprint density at radius 3 is 2.55 bits per heavy atom. The number of primary amides is 1. The van der Waals surface area contributed by atoms with Crippen molar-refractivity contribution in [1.29, 1.82) is 0 Å². The van der Waals surface area contributed by atoms with Gasteiger partial charge in [0.15, 0.2) is 0 Å². The molecule has 0 saturated carbocycles. The fourth-order valence-electron chi connectivity index (χ4n) is 0.705. The molecule has 0 bridgehead atoms.